The van der Waals surface area contributed by atoms with Crippen molar-refractivity contribution in [3.63, 3.8) is 0 Å². The van der Waals surface area contributed by atoms with Gasteiger partial charge in [-0.3, -0.25) is 14.5 Å². The summed E-state index contributed by atoms with van der Waals surface area (Å²) in [5.74, 6) is 0.876. The molecule has 1 aliphatic rings. The molecular weight excluding hydrogens is 400 g/mol. The van der Waals surface area contributed by atoms with Crippen molar-refractivity contribution in [3.05, 3.63) is 59.2 Å². The number of rotatable bonds is 6. The Morgan fingerprint density at radius 3 is 2.66 bits per heavy atom. The normalized spacial score (nSPS) is 16.4. The van der Waals surface area contributed by atoms with Crippen molar-refractivity contribution in [3.8, 4) is 11.1 Å². The van der Waals surface area contributed by atoms with Crippen LogP contribution in [0.25, 0.3) is 11.1 Å². The van der Waals surface area contributed by atoms with Crippen molar-refractivity contribution in [2.45, 2.75) is 65.3 Å². The van der Waals surface area contributed by atoms with Gasteiger partial charge < -0.3 is 4.90 Å². The Bertz CT molecular complexity index is 1090. The maximum Gasteiger partial charge on any atom is 0.272 e. The molecule has 7 heteroatoms. The zero-order valence-electron chi connectivity index (χ0n) is 19.5. The second kappa shape index (κ2) is 9.59. The molecule has 0 radical (unpaired) electrons. The average molecular weight is 433 g/mol. The molecule has 1 amide bonds. The molecule has 0 N–H and O–H groups in total. The highest BCUT2D eigenvalue weighted by molar-refractivity contribution is 5.94. The molecule has 4 heterocycles. The first-order chi connectivity index (χ1) is 15.5. The van der Waals surface area contributed by atoms with E-state index in [4.69, 9.17) is 4.98 Å². The second-order valence-electron chi connectivity index (χ2n) is 8.48. The van der Waals surface area contributed by atoms with Gasteiger partial charge in [0.05, 0.1) is 17.4 Å². The molecule has 32 heavy (non-hydrogen) atoms. The van der Waals surface area contributed by atoms with Crippen LogP contribution >= 0.6 is 0 Å². The van der Waals surface area contributed by atoms with E-state index in [0.29, 0.717) is 5.69 Å². The molecule has 7 nitrogen and oxygen atoms in total. The minimum Gasteiger partial charge on any atom is -0.329 e. The van der Waals surface area contributed by atoms with Gasteiger partial charge in [0.15, 0.2) is 0 Å². The SMILES string of the molecule is CCCc1ncc(-c2ccncc2)c(C2CCCCN2C(=O)c2c(C)c(CC)nn2C)n1. The van der Waals surface area contributed by atoms with Crippen LogP contribution in [0, 0.1) is 6.92 Å². The third-order valence-corrected chi connectivity index (χ3v) is 6.33. The Morgan fingerprint density at radius 2 is 1.97 bits per heavy atom. The molecule has 0 aliphatic carbocycles. The molecule has 0 spiro atoms. The molecular formula is C25H32N6O. The lowest BCUT2D eigenvalue weighted by atomic mass is 9.93. The van der Waals surface area contributed by atoms with E-state index in [1.54, 1.807) is 17.1 Å². The number of carbonyl (C=O) groups excluding carboxylic acids is 1. The summed E-state index contributed by atoms with van der Waals surface area (Å²) < 4.78 is 1.74. The summed E-state index contributed by atoms with van der Waals surface area (Å²) in [5.41, 5.74) is 5.59. The van der Waals surface area contributed by atoms with Crippen LogP contribution in [0.15, 0.2) is 30.7 Å². The molecule has 1 aliphatic heterocycles. The van der Waals surface area contributed by atoms with Gasteiger partial charge >= 0.3 is 0 Å². The Labute approximate surface area is 189 Å². The van der Waals surface area contributed by atoms with Gasteiger partial charge in [-0.15, -0.1) is 0 Å². The lowest BCUT2D eigenvalue weighted by Gasteiger charge is -2.36. The molecule has 0 bridgehead atoms. The predicted octanol–water partition coefficient (Wildman–Crippen LogP) is 4.46. The van der Waals surface area contributed by atoms with E-state index in [1.165, 1.54) is 0 Å². The zero-order chi connectivity index (χ0) is 22.7. The summed E-state index contributed by atoms with van der Waals surface area (Å²) in [6, 6.07) is 3.88. The monoisotopic (exact) mass is 432 g/mol. The summed E-state index contributed by atoms with van der Waals surface area (Å²) in [5, 5.41) is 4.58. The largest absolute Gasteiger partial charge is 0.329 e. The molecule has 168 valence electrons. The van der Waals surface area contributed by atoms with Gasteiger partial charge in [0.25, 0.3) is 5.91 Å². The van der Waals surface area contributed by atoms with Gasteiger partial charge in [0, 0.05) is 49.7 Å². The van der Waals surface area contributed by atoms with Gasteiger partial charge in [-0.2, -0.15) is 5.10 Å². The summed E-state index contributed by atoms with van der Waals surface area (Å²) in [7, 11) is 1.87. The van der Waals surface area contributed by atoms with E-state index < -0.39 is 0 Å². The van der Waals surface area contributed by atoms with Gasteiger partial charge in [0.1, 0.15) is 11.5 Å². The molecule has 3 aromatic heterocycles. The number of pyridine rings is 1. The summed E-state index contributed by atoms with van der Waals surface area (Å²) in [6.45, 7) is 6.93. The molecule has 4 rings (SSSR count). The minimum atomic E-state index is -0.0857. The van der Waals surface area contributed by atoms with E-state index >= 15 is 0 Å². The fourth-order valence-electron chi connectivity index (χ4n) is 4.70. The molecule has 0 aromatic carbocycles. The van der Waals surface area contributed by atoms with Crippen molar-refractivity contribution < 1.29 is 4.79 Å². The van der Waals surface area contributed by atoms with Crippen molar-refractivity contribution in [2.75, 3.05) is 6.54 Å². The first-order valence-electron chi connectivity index (χ1n) is 11.6. The highest BCUT2D eigenvalue weighted by Gasteiger charge is 2.34. The minimum absolute atomic E-state index is 0.0400. The maximum absolute atomic E-state index is 13.8. The third-order valence-electron chi connectivity index (χ3n) is 6.33. The van der Waals surface area contributed by atoms with Crippen molar-refractivity contribution in [2.24, 2.45) is 7.05 Å². The molecule has 3 aromatic rings. The number of likely N-dealkylation sites (tertiary alicyclic amines) is 1. The molecule has 0 saturated carbocycles. The number of carbonyl (C=O) groups is 1. The number of piperidine rings is 1. The number of nitrogens with zero attached hydrogens (tertiary/aromatic N) is 6. The Morgan fingerprint density at radius 1 is 1.19 bits per heavy atom. The third kappa shape index (κ3) is 4.16. The Hall–Kier alpha value is -3.09. The fourth-order valence-corrected chi connectivity index (χ4v) is 4.70. The van der Waals surface area contributed by atoms with E-state index in [2.05, 4.69) is 28.9 Å². The van der Waals surface area contributed by atoms with E-state index in [-0.39, 0.29) is 11.9 Å². The van der Waals surface area contributed by atoms with Crippen LogP contribution in [-0.2, 0) is 19.9 Å². The van der Waals surface area contributed by atoms with Crippen LogP contribution in [0.3, 0.4) is 0 Å². The summed E-state index contributed by atoms with van der Waals surface area (Å²) >= 11 is 0. The lowest BCUT2D eigenvalue weighted by Crippen LogP contribution is -2.40. The number of hydrogen-bond acceptors (Lipinski definition) is 5. The molecule has 1 saturated heterocycles. The van der Waals surface area contributed by atoms with Crippen molar-refractivity contribution >= 4 is 5.91 Å². The number of amides is 1. The van der Waals surface area contributed by atoms with Crippen LogP contribution < -0.4 is 0 Å². The fraction of sp³-hybridized carbons (Fsp3) is 0.480. The van der Waals surface area contributed by atoms with Gasteiger partial charge in [-0.1, -0.05) is 13.8 Å². The van der Waals surface area contributed by atoms with Crippen molar-refractivity contribution in [1.29, 1.82) is 0 Å². The Kier molecular flexibility index (Phi) is 6.63. The van der Waals surface area contributed by atoms with Crippen LogP contribution in [0.1, 0.15) is 78.8 Å². The predicted molar refractivity (Wildman–Crippen MR) is 124 cm³/mol. The number of hydrogen-bond donors (Lipinski definition) is 0. The van der Waals surface area contributed by atoms with Crippen LogP contribution in [0.4, 0.5) is 0 Å². The quantitative estimate of drug-likeness (QED) is 0.575. The molecule has 1 fully saturated rings. The van der Waals surface area contributed by atoms with Gasteiger partial charge in [-0.25, -0.2) is 9.97 Å². The average Bonchev–Trinajstić information content (AvgIpc) is 3.12. The summed E-state index contributed by atoms with van der Waals surface area (Å²) in [4.78, 5) is 29.6. The van der Waals surface area contributed by atoms with Gasteiger partial charge in [0.2, 0.25) is 0 Å². The van der Waals surface area contributed by atoms with Gasteiger partial charge in [-0.05, 0) is 56.7 Å². The highest BCUT2D eigenvalue weighted by Crippen LogP contribution is 2.36. The van der Waals surface area contributed by atoms with Crippen LogP contribution in [0.2, 0.25) is 0 Å². The second-order valence-corrected chi connectivity index (χ2v) is 8.48. The Balaban J connectivity index is 1.79. The molecule has 1 unspecified atom stereocenters. The topological polar surface area (TPSA) is 76.8 Å². The first kappa shape index (κ1) is 22.1. The lowest BCUT2D eigenvalue weighted by molar-refractivity contribution is 0.0594. The number of aromatic nitrogens is 5. The summed E-state index contributed by atoms with van der Waals surface area (Å²) in [6.07, 6.45) is 11.1. The maximum atomic E-state index is 13.8. The first-order valence-corrected chi connectivity index (χ1v) is 11.6. The van der Waals surface area contributed by atoms with E-state index in [0.717, 1.165) is 79.0 Å². The van der Waals surface area contributed by atoms with Crippen LogP contribution in [-0.4, -0.2) is 42.1 Å². The van der Waals surface area contributed by atoms with Crippen LogP contribution in [0.5, 0.6) is 0 Å². The highest BCUT2D eigenvalue weighted by atomic mass is 16.2. The van der Waals surface area contributed by atoms with Crippen molar-refractivity contribution in [1.82, 2.24) is 29.6 Å². The molecule has 1 atom stereocenters. The smallest absolute Gasteiger partial charge is 0.272 e. The number of aryl methyl sites for hydroxylation is 3. The standard InChI is InChI=1S/C25H32N6O/c1-5-9-22-27-16-19(18-11-13-26-14-12-18)23(28-22)21-10-7-8-15-31(21)25(32)24-17(3)20(6-2)29-30(24)4/h11-14,16,21H,5-10,15H2,1-4H3. The zero-order valence-corrected chi connectivity index (χ0v) is 19.5. The van der Waals surface area contributed by atoms with E-state index in [1.807, 2.05) is 37.2 Å². The van der Waals surface area contributed by atoms with E-state index in [9.17, 15) is 4.79 Å².